The van der Waals surface area contributed by atoms with Crippen LogP contribution in [0.5, 0.6) is 0 Å². The summed E-state index contributed by atoms with van der Waals surface area (Å²) in [5.41, 5.74) is -4.48. The molecule has 0 aliphatic heterocycles. The molecule has 42 heavy (non-hydrogen) atoms. The van der Waals surface area contributed by atoms with E-state index < -0.39 is 82.8 Å². The maximum Gasteiger partial charge on any atom is 0.408 e. The van der Waals surface area contributed by atoms with Crippen molar-refractivity contribution in [2.24, 2.45) is 23.2 Å². The SMILES string of the molecule is COC(=O)[C@@]12C[C@@H]1[C@H](OC(C)=O)[C@@H]([C@](O)(CNC(=O)[C@@H]1C[C@@]1(NC(=O)OCc1ccccc1)C(=O)OC)C(=O)OC)C2. The summed E-state index contributed by atoms with van der Waals surface area (Å²) in [6, 6.07) is 8.81. The second kappa shape index (κ2) is 11.6. The average molecular weight is 591 g/mol. The molecule has 3 N–H and O–H groups in total. The summed E-state index contributed by atoms with van der Waals surface area (Å²) in [5, 5.41) is 16.5. The third-order valence-electron chi connectivity index (χ3n) is 8.45. The van der Waals surface area contributed by atoms with Gasteiger partial charge in [-0.15, -0.1) is 0 Å². The van der Waals surface area contributed by atoms with Gasteiger partial charge in [-0.2, -0.15) is 0 Å². The molecule has 0 aromatic heterocycles. The van der Waals surface area contributed by atoms with E-state index in [1.165, 1.54) is 7.11 Å². The van der Waals surface area contributed by atoms with Gasteiger partial charge in [-0.25, -0.2) is 14.4 Å². The van der Waals surface area contributed by atoms with Crippen LogP contribution in [0.3, 0.4) is 0 Å². The molecule has 0 heterocycles. The van der Waals surface area contributed by atoms with Crippen molar-refractivity contribution in [2.45, 2.75) is 50.0 Å². The van der Waals surface area contributed by atoms with Gasteiger partial charge < -0.3 is 39.4 Å². The van der Waals surface area contributed by atoms with Gasteiger partial charge in [0.2, 0.25) is 5.91 Å². The predicted octanol–water partition coefficient (Wildman–Crippen LogP) is -0.00430. The molecule has 3 saturated carbocycles. The fourth-order valence-corrected chi connectivity index (χ4v) is 6.10. The van der Waals surface area contributed by atoms with Crippen LogP contribution in [0.15, 0.2) is 30.3 Å². The molecular formula is C28H34N2O12. The van der Waals surface area contributed by atoms with Gasteiger partial charge >= 0.3 is 30.0 Å². The molecule has 14 nitrogen and oxygen atoms in total. The lowest BCUT2D eigenvalue weighted by molar-refractivity contribution is -0.179. The molecule has 0 bridgehead atoms. The Labute approximate surface area is 241 Å². The summed E-state index contributed by atoms with van der Waals surface area (Å²) in [6.07, 6.45) is -1.83. The number of hydrogen-bond donors (Lipinski definition) is 3. The van der Waals surface area contributed by atoms with Crippen LogP contribution >= 0.6 is 0 Å². The molecule has 2 amide bonds. The number of carbonyl (C=O) groups is 6. The standard InChI is InChI=1S/C28H34N2O12/c1-15(31)42-20-17-10-26(17,22(33)38-2)11-18(20)28(37,24(35)40-4)14-29-21(32)19-12-27(19,23(34)39-3)30-25(36)41-13-16-8-6-5-7-9-16/h5-9,17-20,37H,10-14H2,1-4H3,(H,29,32)(H,30,36)/t17-,18+,19+,20+,26-,27+,28-/m1/s1. The molecule has 0 unspecified atom stereocenters. The Kier molecular flexibility index (Phi) is 8.48. The van der Waals surface area contributed by atoms with Crippen LogP contribution in [0, 0.1) is 23.2 Å². The first-order chi connectivity index (χ1) is 19.9. The Morgan fingerprint density at radius 1 is 0.952 bits per heavy atom. The van der Waals surface area contributed by atoms with Gasteiger partial charge in [0.25, 0.3) is 0 Å². The van der Waals surface area contributed by atoms with E-state index in [1.54, 1.807) is 30.3 Å². The molecule has 1 aromatic rings. The molecule has 228 valence electrons. The summed E-state index contributed by atoms with van der Waals surface area (Å²) in [7, 11) is 3.35. The molecule has 0 spiro atoms. The fourth-order valence-electron chi connectivity index (χ4n) is 6.10. The number of aliphatic hydroxyl groups is 1. The van der Waals surface area contributed by atoms with Crippen molar-refractivity contribution in [1.82, 2.24) is 10.6 Å². The number of ether oxygens (including phenoxy) is 5. The Balaban J connectivity index is 1.47. The number of fused-ring (bicyclic) bond motifs is 1. The molecule has 3 aliphatic rings. The molecule has 0 saturated heterocycles. The number of rotatable bonds is 11. The summed E-state index contributed by atoms with van der Waals surface area (Å²) in [5.74, 6) is -6.75. The van der Waals surface area contributed by atoms with Crippen molar-refractivity contribution < 1.29 is 57.6 Å². The zero-order valence-electron chi connectivity index (χ0n) is 23.7. The largest absolute Gasteiger partial charge is 0.469 e. The molecule has 7 atom stereocenters. The number of nitrogens with one attached hydrogen (secondary N) is 2. The Morgan fingerprint density at radius 3 is 2.21 bits per heavy atom. The maximum absolute atomic E-state index is 13.2. The highest BCUT2D eigenvalue weighted by molar-refractivity contribution is 5.99. The Bertz CT molecular complexity index is 1270. The monoisotopic (exact) mass is 590 g/mol. The molecule has 3 fully saturated rings. The fraction of sp³-hybridized carbons (Fsp3) is 0.571. The van der Waals surface area contributed by atoms with E-state index in [4.69, 9.17) is 23.7 Å². The van der Waals surface area contributed by atoms with Crippen molar-refractivity contribution in [3.05, 3.63) is 35.9 Å². The van der Waals surface area contributed by atoms with Crippen molar-refractivity contribution >= 4 is 35.9 Å². The van der Waals surface area contributed by atoms with Crippen molar-refractivity contribution in [3.8, 4) is 0 Å². The Hall–Kier alpha value is -4.20. The minimum atomic E-state index is -2.41. The Morgan fingerprint density at radius 2 is 1.62 bits per heavy atom. The van der Waals surface area contributed by atoms with Gasteiger partial charge in [0.15, 0.2) is 11.1 Å². The third-order valence-corrected chi connectivity index (χ3v) is 8.45. The van der Waals surface area contributed by atoms with Gasteiger partial charge in [0.1, 0.15) is 12.7 Å². The van der Waals surface area contributed by atoms with Crippen molar-refractivity contribution in [3.63, 3.8) is 0 Å². The summed E-state index contributed by atoms with van der Waals surface area (Å²) >= 11 is 0. The molecule has 3 aliphatic carbocycles. The molecule has 4 rings (SSSR count). The highest BCUT2D eigenvalue weighted by Crippen LogP contribution is 2.68. The zero-order chi connectivity index (χ0) is 30.9. The van der Waals surface area contributed by atoms with E-state index in [0.717, 1.165) is 21.1 Å². The molecule has 14 heteroatoms. The first-order valence-corrected chi connectivity index (χ1v) is 13.3. The number of amides is 2. The number of hydrogen-bond acceptors (Lipinski definition) is 12. The van der Waals surface area contributed by atoms with Gasteiger partial charge in [0, 0.05) is 18.8 Å². The smallest absolute Gasteiger partial charge is 0.408 e. The molecular weight excluding hydrogens is 556 g/mol. The van der Waals surface area contributed by atoms with Gasteiger partial charge in [0.05, 0.1) is 39.2 Å². The lowest BCUT2D eigenvalue weighted by Crippen LogP contribution is -2.58. The number of esters is 4. The minimum absolute atomic E-state index is 0.0614. The first-order valence-electron chi connectivity index (χ1n) is 13.3. The van der Waals surface area contributed by atoms with E-state index >= 15 is 0 Å². The van der Waals surface area contributed by atoms with E-state index in [0.29, 0.717) is 12.0 Å². The van der Waals surface area contributed by atoms with Gasteiger partial charge in [-0.05, 0) is 24.8 Å². The van der Waals surface area contributed by atoms with Gasteiger partial charge in [-0.1, -0.05) is 30.3 Å². The quantitative estimate of drug-likeness (QED) is 0.231. The first kappa shape index (κ1) is 30.8. The second-order valence-electron chi connectivity index (χ2n) is 10.9. The van der Waals surface area contributed by atoms with E-state index in [9.17, 15) is 33.9 Å². The maximum atomic E-state index is 13.2. The highest BCUT2D eigenvalue weighted by atomic mass is 16.6. The highest BCUT2D eigenvalue weighted by Gasteiger charge is 2.75. The van der Waals surface area contributed by atoms with Crippen molar-refractivity contribution in [2.75, 3.05) is 27.9 Å². The summed E-state index contributed by atoms with van der Waals surface area (Å²) in [6.45, 7) is 0.386. The van der Waals surface area contributed by atoms with E-state index in [1.807, 2.05) is 0 Å². The van der Waals surface area contributed by atoms with Crippen LogP contribution in [0.4, 0.5) is 4.79 Å². The number of carbonyl (C=O) groups excluding carboxylic acids is 6. The number of benzene rings is 1. The lowest BCUT2D eigenvalue weighted by Gasteiger charge is -2.36. The number of methoxy groups -OCH3 is 3. The van der Waals surface area contributed by atoms with Crippen LogP contribution in [-0.4, -0.2) is 86.1 Å². The van der Waals surface area contributed by atoms with Crippen molar-refractivity contribution in [1.29, 1.82) is 0 Å². The molecule has 0 radical (unpaired) electrons. The summed E-state index contributed by atoms with van der Waals surface area (Å²) < 4.78 is 25.2. The van der Waals surface area contributed by atoms with E-state index in [-0.39, 0.29) is 19.4 Å². The topological polar surface area (TPSA) is 193 Å². The van der Waals surface area contributed by atoms with Crippen LogP contribution in [0.2, 0.25) is 0 Å². The van der Waals surface area contributed by atoms with Crippen LogP contribution in [0.1, 0.15) is 31.7 Å². The normalized spacial score (nSPS) is 29.9. The van der Waals surface area contributed by atoms with Crippen LogP contribution in [-0.2, 0) is 54.3 Å². The predicted molar refractivity (Wildman–Crippen MR) is 139 cm³/mol. The average Bonchev–Trinajstić information content (AvgIpc) is 3.88. The van der Waals surface area contributed by atoms with Crippen LogP contribution in [0.25, 0.3) is 0 Å². The van der Waals surface area contributed by atoms with Gasteiger partial charge in [-0.3, -0.25) is 14.4 Å². The third kappa shape index (κ3) is 5.50. The second-order valence-corrected chi connectivity index (χ2v) is 10.9. The van der Waals surface area contributed by atoms with Crippen LogP contribution < -0.4 is 10.6 Å². The lowest BCUT2D eigenvalue weighted by atomic mass is 9.80. The zero-order valence-corrected chi connectivity index (χ0v) is 23.7. The summed E-state index contributed by atoms with van der Waals surface area (Å²) in [4.78, 5) is 75.6. The van der Waals surface area contributed by atoms with E-state index in [2.05, 4.69) is 10.6 Å². The number of alkyl carbamates (subject to hydrolysis) is 1. The molecule has 1 aromatic carbocycles. The minimum Gasteiger partial charge on any atom is -0.469 e.